The van der Waals surface area contributed by atoms with Crippen molar-refractivity contribution >= 4 is 23.5 Å². The van der Waals surface area contributed by atoms with E-state index in [0.29, 0.717) is 18.9 Å². The summed E-state index contributed by atoms with van der Waals surface area (Å²) in [7, 11) is 0. The van der Waals surface area contributed by atoms with E-state index in [4.69, 9.17) is 9.47 Å². The second kappa shape index (κ2) is 12.4. The first-order valence-electron chi connectivity index (χ1n) is 13.5. The van der Waals surface area contributed by atoms with Gasteiger partial charge < -0.3 is 9.47 Å². The summed E-state index contributed by atoms with van der Waals surface area (Å²) in [6.07, 6.45) is 2.04. The SMILES string of the molecule is CCOC(=O)C(C)(C)Oc1c(C)cc(C2CN(Cc3ccccc3)CC2C(=O)c2ccc(SC)cc2)cc1C. The molecule has 1 aliphatic heterocycles. The highest BCUT2D eigenvalue weighted by Crippen LogP contribution is 2.39. The first-order chi connectivity index (χ1) is 18.6. The molecule has 0 amide bonds. The summed E-state index contributed by atoms with van der Waals surface area (Å²) in [4.78, 5) is 29.9. The van der Waals surface area contributed by atoms with Crippen LogP contribution < -0.4 is 4.74 Å². The number of Topliss-reactive ketones (excluding diaryl/α,β-unsaturated/α-hetero) is 1. The van der Waals surface area contributed by atoms with Crippen molar-refractivity contribution in [1.82, 2.24) is 4.90 Å². The second-order valence-corrected chi connectivity index (χ2v) is 11.7. The van der Waals surface area contributed by atoms with Crippen LogP contribution in [0.4, 0.5) is 0 Å². The predicted molar refractivity (Wildman–Crippen MR) is 158 cm³/mol. The molecule has 1 saturated heterocycles. The zero-order valence-electron chi connectivity index (χ0n) is 23.8. The molecule has 0 bridgehead atoms. The Morgan fingerprint density at radius 1 is 0.974 bits per heavy atom. The number of carbonyl (C=O) groups excluding carboxylic acids is 2. The average molecular weight is 546 g/mol. The number of ketones is 1. The number of nitrogens with zero attached hydrogens (tertiary/aromatic N) is 1. The lowest BCUT2D eigenvalue weighted by Crippen LogP contribution is -2.40. The van der Waals surface area contributed by atoms with Crippen molar-refractivity contribution in [1.29, 1.82) is 0 Å². The zero-order chi connectivity index (χ0) is 28.2. The highest BCUT2D eigenvalue weighted by atomic mass is 32.2. The monoisotopic (exact) mass is 545 g/mol. The van der Waals surface area contributed by atoms with E-state index in [0.717, 1.165) is 40.2 Å². The Balaban J connectivity index is 1.64. The summed E-state index contributed by atoms with van der Waals surface area (Å²) >= 11 is 1.67. The predicted octanol–water partition coefficient (Wildman–Crippen LogP) is 6.84. The molecule has 1 heterocycles. The van der Waals surface area contributed by atoms with Crippen LogP contribution in [0.25, 0.3) is 0 Å². The molecule has 0 radical (unpaired) electrons. The number of hydrogen-bond donors (Lipinski definition) is 0. The van der Waals surface area contributed by atoms with Crippen LogP contribution in [0.5, 0.6) is 5.75 Å². The molecular formula is C33H39NO4S. The molecule has 0 N–H and O–H groups in total. The Hall–Kier alpha value is -3.09. The molecule has 1 aliphatic rings. The van der Waals surface area contributed by atoms with Gasteiger partial charge in [0.25, 0.3) is 0 Å². The number of rotatable bonds is 10. The van der Waals surface area contributed by atoms with Crippen LogP contribution in [-0.4, -0.2) is 48.2 Å². The maximum Gasteiger partial charge on any atom is 0.349 e. The number of likely N-dealkylation sites (tertiary alicyclic amines) is 1. The van der Waals surface area contributed by atoms with Gasteiger partial charge >= 0.3 is 5.97 Å². The van der Waals surface area contributed by atoms with Crippen molar-refractivity contribution in [2.45, 2.75) is 57.6 Å². The molecule has 0 aliphatic carbocycles. The van der Waals surface area contributed by atoms with Gasteiger partial charge in [0.05, 0.1) is 6.61 Å². The van der Waals surface area contributed by atoms with Gasteiger partial charge in [-0.3, -0.25) is 9.69 Å². The molecule has 2 atom stereocenters. The number of esters is 1. The first kappa shape index (κ1) is 28.9. The molecule has 39 heavy (non-hydrogen) atoms. The number of benzene rings is 3. The van der Waals surface area contributed by atoms with E-state index < -0.39 is 11.6 Å². The van der Waals surface area contributed by atoms with Gasteiger partial charge in [0.15, 0.2) is 11.4 Å². The Bertz CT molecular complexity index is 1280. The fourth-order valence-electron chi connectivity index (χ4n) is 5.39. The van der Waals surface area contributed by atoms with Crippen LogP contribution in [0.2, 0.25) is 0 Å². The molecule has 206 valence electrons. The van der Waals surface area contributed by atoms with Crippen LogP contribution in [0.1, 0.15) is 59.3 Å². The van der Waals surface area contributed by atoms with Crippen molar-refractivity contribution in [3.8, 4) is 5.75 Å². The Kier molecular flexibility index (Phi) is 9.19. The van der Waals surface area contributed by atoms with Gasteiger partial charge in [-0.15, -0.1) is 11.8 Å². The minimum Gasteiger partial charge on any atom is -0.476 e. The minimum absolute atomic E-state index is 0.0472. The number of aryl methyl sites for hydroxylation is 2. The summed E-state index contributed by atoms with van der Waals surface area (Å²) in [6.45, 7) is 11.9. The van der Waals surface area contributed by atoms with E-state index in [1.54, 1.807) is 32.5 Å². The van der Waals surface area contributed by atoms with Crippen LogP contribution in [-0.2, 0) is 16.1 Å². The molecule has 2 unspecified atom stereocenters. The molecule has 5 nitrogen and oxygen atoms in total. The third kappa shape index (κ3) is 6.74. The van der Waals surface area contributed by atoms with Gasteiger partial charge in [0, 0.05) is 41.9 Å². The molecular weight excluding hydrogens is 506 g/mol. The highest BCUT2D eigenvalue weighted by molar-refractivity contribution is 7.98. The lowest BCUT2D eigenvalue weighted by molar-refractivity contribution is -0.158. The molecule has 3 aromatic carbocycles. The molecule has 6 heteroatoms. The van der Waals surface area contributed by atoms with E-state index >= 15 is 0 Å². The Morgan fingerprint density at radius 2 is 1.62 bits per heavy atom. The summed E-state index contributed by atoms with van der Waals surface area (Å²) in [5, 5.41) is 0. The van der Waals surface area contributed by atoms with Crippen LogP contribution in [0, 0.1) is 19.8 Å². The molecule has 4 rings (SSSR count). The lowest BCUT2D eigenvalue weighted by Gasteiger charge is -2.27. The lowest BCUT2D eigenvalue weighted by atomic mass is 9.82. The summed E-state index contributed by atoms with van der Waals surface area (Å²) in [6, 6.07) is 22.6. The average Bonchev–Trinajstić information content (AvgIpc) is 3.34. The smallest absolute Gasteiger partial charge is 0.349 e. The van der Waals surface area contributed by atoms with Crippen molar-refractivity contribution in [3.05, 3.63) is 94.5 Å². The minimum atomic E-state index is -1.10. The van der Waals surface area contributed by atoms with Gasteiger partial charge in [-0.1, -0.05) is 54.6 Å². The number of carbonyl (C=O) groups is 2. The van der Waals surface area contributed by atoms with E-state index in [1.165, 1.54) is 5.56 Å². The maximum atomic E-state index is 13.9. The standard InChI is InChI=1S/C33H39NO4S/c1-7-37-32(36)33(4,5)38-31-22(2)17-26(18-23(31)3)28-20-34(19-24-11-9-8-10-12-24)21-29(28)30(35)25-13-15-27(39-6)16-14-25/h8-18,28-29H,7,19-21H2,1-6H3. The second-order valence-electron chi connectivity index (χ2n) is 10.8. The van der Waals surface area contributed by atoms with Gasteiger partial charge in [-0.25, -0.2) is 4.79 Å². The van der Waals surface area contributed by atoms with Crippen molar-refractivity contribution in [3.63, 3.8) is 0 Å². The Labute approximate surface area is 236 Å². The fourth-order valence-corrected chi connectivity index (χ4v) is 5.80. The van der Waals surface area contributed by atoms with Crippen LogP contribution >= 0.6 is 11.8 Å². The van der Waals surface area contributed by atoms with Gasteiger partial charge in [0.1, 0.15) is 5.75 Å². The third-order valence-electron chi connectivity index (χ3n) is 7.39. The molecule has 1 fully saturated rings. The van der Waals surface area contributed by atoms with E-state index in [1.807, 2.05) is 50.4 Å². The summed E-state index contributed by atoms with van der Waals surface area (Å²) < 4.78 is 11.4. The van der Waals surface area contributed by atoms with E-state index in [9.17, 15) is 9.59 Å². The molecule has 0 saturated carbocycles. The van der Waals surface area contributed by atoms with Crippen LogP contribution in [0.3, 0.4) is 0 Å². The Morgan fingerprint density at radius 3 is 2.21 bits per heavy atom. The highest BCUT2D eigenvalue weighted by Gasteiger charge is 2.39. The fraction of sp³-hybridized carbons (Fsp3) is 0.394. The normalized spacial score (nSPS) is 17.7. The third-order valence-corrected chi connectivity index (χ3v) is 8.13. The van der Waals surface area contributed by atoms with Gasteiger partial charge in [-0.05, 0) is 75.3 Å². The molecule has 0 spiro atoms. The molecule has 0 aromatic heterocycles. The van der Waals surface area contributed by atoms with Gasteiger partial charge in [0.2, 0.25) is 0 Å². The number of hydrogen-bond acceptors (Lipinski definition) is 6. The summed E-state index contributed by atoms with van der Waals surface area (Å²) in [5.41, 5.74) is 3.91. The summed E-state index contributed by atoms with van der Waals surface area (Å²) in [5.74, 6) is 0.369. The number of ether oxygens (including phenoxy) is 2. The topological polar surface area (TPSA) is 55.8 Å². The number of thioether (sulfide) groups is 1. The van der Waals surface area contributed by atoms with E-state index in [2.05, 4.69) is 41.3 Å². The van der Waals surface area contributed by atoms with E-state index in [-0.39, 0.29) is 17.6 Å². The van der Waals surface area contributed by atoms with Crippen LogP contribution in [0.15, 0.2) is 71.6 Å². The maximum absolute atomic E-state index is 13.9. The quantitative estimate of drug-likeness (QED) is 0.158. The largest absolute Gasteiger partial charge is 0.476 e. The zero-order valence-corrected chi connectivity index (χ0v) is 24.6. The molecule has 3 aromatic rings. The van der Waals surface area contributed by atoms with Crippen molar-refractivity contribution in [2.24, 2.45) is 5.92 Å². The van der Waals surface area contributed by atoms with Crippen molar-refractivity contribution in [2.75, 3.05) is 26.0 Å². The van der Waals surface area contributed by atoms with Crippen molar-refractivity contribution < 1.29 is 19.1 Å². The van der Waals surface area contributed by atoms with Gasteiger partial charge in [-0.2, -0.15) is 0 Å². The first-order valence-corrected chi connectivity index (χ1v) is 14.8.